The summed E-state index contributed by atoms with van der Waals surface area (Å²) in [6.07, 6.45) is 0.910. The number of carbonyl (C=O) groups is 1. The number of methoxy groups -OCH3 is 1. The number of thiazole rings is 1. The maximum Gasteiger partial charge on any atom is 0.271 e. The van der Waals surface area contributed by atoms with E-state index in [0.29, 0.717) is 35.4 Å². The van der Waals surface area contributed by atoms with Crippen molar-refractivity contribution in [3.8, 4) is 22.1 Å². The van der Waals surface area contributed by atoms with Crippen LogP contribution in [0, 0.1) is 5.82 Å². The molecule has 0 aliphatic carbocycles. The molecule has 146 valence electrons. The first-order chi connectivity index (χ1) is 13.6. The van der Waals surface area contributed by atoms with Gasteiger partial charge in [0.15, 0.2) is 11.5 Å². The van der Waals surface area contributed by atoms with Crippen LogP contribution >= 0.6 is 11.3 Å². The molecule has 2 aromatic carbocycles. The van der Waals surface area contributed by atoms with Gasteiger partial charge in [-0.2, -0.15) is 0 Å². The van der Waals surface area contributed by atoms with Gasteiger partial charge in [-0.05, 0) is 42.3 Å². The van der Waals surface area contributed by atoms with Gasteiger partial charge in [0.25, 0.3) is 5.91 Å². The summed E-state index contributed by atoms with van der Waals surface area (Å²) >= 11 is 1.38. The maximum absolute atomic E-state index is 12.9. The zero-order valence-corrected chi connectivity index (χ0v) is 16.5. The molecule has 0 aliphatic rings. The van der Waals surface area contributed by atoms with Gasteiger partial charge in [-0.15, -0.1) is 11.3 Å². The molecule has 7 heteroatoms. The van der Waals surface area contributed by atoms with E-state index in [1.165, 1.54) is 23.5 Å². The highest BCUT2D eigenvalue weighted by atomic mass is 32.1. The Morgan fingerprint density at radius 3 is 2.68 bits per heavy atom. The monoisotopic (exact) mass is 400 g/mol. The number of nitrogens with one attached hydrogen (secondary N) is 1. The molecule has 1 aromatic heterocycles. The number of amides is 1. The fourth-order valence-electron chi connectivity index (χ4n) is 2.52. The van der Waals surface area contributed by atoms with Crippen LogP contribution < -0.4 is 14.8 Å². The predicted octanol–water partition coefficient (Wildman–Crippen LogP) is 4.68. The number of benzene rings is 2. The molecular weight excluding hydrogens is 379 g/mol. The van der Waals surface area contributed by atoms with Gasteiger partial charge >= 0.3 is 0 Å². The van der Waals surface area contributed by atoms with Crippen LogP contribution in [0.15, 0.2) is 47.8 Å². The summed E-state index contributed by atoms with van der Waals surface area (Å²) in [6, 6.07) is 11.6. The molecule has 0 atom stereocenters. The summed E-state index contributed by atoms with van der Waals surface area (Å²) in [4.78, 5) is 16.8. The summed E-state index contributed by atoms with van der Waals surface area (Å²) in [5.74, 6) is 0.729. The number of hydrogen-bond acceptors (Lipinski definition) is 5. The average Bonchev–Trinajstić information content (AvgIpc) is 3.22. The molecule has 0 aliphatic heterocycles. The largest absolute Gasteiger partial charge is 0.493 e. The molecule has 3 rings (SSSR count). The molecule has 0 bridgehead atoms. The van der Waals surface area contributed by atoms with E-state index >= 15 is 0 Å². The van der Waals surface area contributed by atoms with E-state index in [0.717, 1.165) is 17.5 Å². The molecule has 1 heterocycles. The topological polar surface area (TPSA) is 60.5 Å². The highest BCUT2D eigenvalue weighted by Gasteiger charge is 2.14. The zero-order valence-electron chi connectivity index (χ0n) is 15.7. The minimum atomic E-state index is -0.305. The lowest BCUT2D eigenvalue weighted by Gasteiger charge is -2.10. The Morgan fingerprint density at radius 2 is 1.96 bits per heavy atom. The van der Waals surface area contributed by atoms with Crippen LogP contribution in [-0.2, 0) is 6.54 Å². The Kier molecular flexibility index (Phi) is 6.60. The highest BCUT2D eigenvalue weighted by Crippen LogP contribution is 2.33. The average molecular weight is 400 g/mol. The summed E-state index contributed by atoms with van der Waals surface area (Å²) in [5.41, 5.74) is 2.01. The Morgan fingerprint density at radius 1 is 1.18 bits per heavy atom. The van der Waals surface area contributed by atoms with Gasteiger partial charge < -0.3 is 14.8 Å². The number of ether oxygens (including phenoxy) is 2. The van der Waals surface area contributed by atoms with Crippen molar-refractivity contribution < 1.29 is 18.7 Å². The summed E-state index contributed by atoms with van der Waals surface area (Å²) in [5, 5.41) is 5.22. The second-order valence-corrected chi connectivity index (χ2v) is 6.92. The lowest BCUT2D eigenvalue weighted by molar-refractivity contribution is 0.0946. The third-order valence-electron chi connectivity index (χ3n) is 3.98. The van der Waals surface area contributed by atoms with Crippen molar-refractivity contribution in [3.63, 3.8) is 0 Å². The van der Waals surface area contributed by atoms with Gasteiger partial charge in [0.1, 0.15) is 16.5 Å². The quantitative estimate of drug-likeness (QED) is 0.597. The molecule has 0 saturated heterocycles. The first-order valence-corrected chi connectivity index (χ1v) is 9.78. The van der Waals surface area contributed by atoms with E-state index in [2.05, 4.69) is 10.3 Å². The second kappa shape index (κ2) is 9.32. The van der Waals surface area contributed by atoms with Gasteiger partial charge in [-0.3, -0.25) is 4.79 Å². The molecule has 28 heavy (non-hydrogen) atoms. The minimum Gasteiger partial charge on any atom is -0.493 e. The van der Waals surface area contributed by atoms with Crippen LogP contribution in [0.2, 0.25) is 0 Å². The van der Waals surface area contributed by atoms with Crippen LogP contribution in [-0.4, -0.2) is 24.6 Å². The minimum absolute atomic E-state index is 0.276. The lowest BCUT2D eigenvalue weighted by atomic mass is 10.2. The molecular formula is C21H21FN2O3S. The second-order valence-electron chi connectivity index (χ2n) is 6.06. The molecule has 3 aromatic rings. The maximum atomic E-state index is 12.9. The normalized spacial score (nSPS) is 10.5. The van der Waals surface area contributed by atoms with Crippen LogP contribution in [0.5, 0.6) is 11.5 Å². The van der Waals surface area contributed by atoms with Crippen LogP contribution in [0.25, 0.3) is 10.6 Å². The third kappa shape index (κ3) is 4.86. The summed E-state index contributed by atoms with van der Waals surface area (Å²) in [7, 11) is 1.59. The first-order valence-electron chi connectivity index (χ1n) is 8.90. The Bertz CT molecular complexity index is 941. The Hall–Kier alpha value is -2.93. The molecule has 0 saturated carbocycles. The fourth-order valence-corrected chi connectivity index (χ4v) is 3.31. The highest BCUT2D eigenvalue weighted by molar-refractivity contribution is 7.13. The molecule has 0 spiro atoms. The van der Waals surface area contributed by atoms with Gasteiger partial charge in [0, 0.05) is 17.5 Å². The molecule has 0 unspecified atom stereocenters. The molecule has 0 radical (unpaired) electrons. The zero-order chi connectivity index (χ0) is 19.9. The molecule has 1 N–H and O–H groups in total. The number of aromatic nitrogens is 1. The molecule has 1 amide bonds. The summed E-state index contributed by atoms with van der Waals surface area (Å²) in [6.45, 7) is 2.97. The Balaban J connectivity index is 1.68. The smallest absolute Gasteiger partial charge is 0.271 e. The molecule has 5 nitrogen and oxygen atoms in total. The van der Waals surface area contributed by atoms with Crippen molar-refractivity contribution in [1.29, 1.82) is 0 Å². The number of carbonyl (C=O) groups excluding carboxylic acids is 1. The van der Waals surface area contributed by atoms with Crippen LogP contribution in [0.1, 0.15) is 29.4 Å². The van der Waals surface area contributed by atoms with E-state index in [4.69, 9.17) is 9.47 Å². The van der Waals surface area contributed by atoms with Crippen molar-refractivity contribution in [2.24, 2.45) is 0 Å². The van der Waals surface area contributed by atoms with Gasteiger partial charge in [-0.1, -0.05) is 19.1 Å². The predicted molar refractivity (Wildman–Crippen MR) is 107 cm³/mol. The van der Waals surface area contributed by atoms with Gasteiger partial charge in [0.2, 0.25) is 0 Å². The number of hydrogen-bond donors (Lipinski definition) is 1. The third-order valence-corrected chi connectivity index (χ3v) is 4.87. The first kappa shape index (κ1) is 19.8. The van der Waals surface area contributed by atoms with Crippen molar-refractivity contribution in [3.05, 3.63) is 64.9 Å². The molecule has 0 fully saturated rings. The van der Waals surface area contributed by atoms with Crippen molar-refractivity contribution in [2.45, 2.75) is 19.9 Å². The van der Waals surface area contributed by atoms with E-state index < -0.39 is 0 Å². The van der Waals surface area contributed by atoms with Crippen molar-refractivity contribution in [1.82, 2.24) is 10.3 Å². The van der Waals surface area contributed by atoms with Gasteiger partial charge in [0.05, 0.1) is 13.7 Å². The lowest BCUT2D eigenvalue weighted by Crippen LogP contribution is -2.23. The number of rotatable bonds is 8. The SMILES string of the molecule is CCCOc1ccc(-c2nc(C(=O)NCc3ccc(F)cc3)cs2)cc1OC. The van der Waals surface area contributed by atoms with Crippen molar-refractivity contribution in [2.75, 3.05) is 13.7 Å². The number of halogens is 1. The number of nitrogens with zero attached hydrogens (tertiary/aromatic N) is 1. The van der Waals surface area contributed by atoms with E-state index in [-0.39, 0.29) is 11.7 Å². The fraction of sp³-hybridized carbons (Fsp3) is 0.238. The Labute approximate surface area is 167 Å². The van der Waals surface area contributed by atoms with Crippen LogP contribution in [0.4, 0.5) is 4.39 Å². The standard InChI is InChI=1S/C21H21FN2O3S/c1-3-10-27-18-9-6-15(11-19(18)26-2)21-24-17(13-28-21)20(25)23-12-14-4-7-16(22)8-5-14/h4-9,11,13H,3,10,12H2,1-2H3,(H,23,25). The van der Waals surface area contributed by atoms with Gasteiger partial charge in [-0.25, -0.2) is 9.37 Å². The summed E-state index contributed by atoms with van der Waals surface area (Å²) < 4.78 is 24.0. The van der Waals surface area contributed by atoms with Crippen LogP contribution in [0.3, 0.4) is 0 Å². The van der Waals surface area contributed by atoms with Crippen molar-refractivity contribution >= 4 is 17.2 Å². The van der Waals surface area contributed by atoms with E-state index in [1.54, 1.807) is 24.6 Å². The van der Waals surface area contributed by atoms with E-state index in [1.807, 2.05) is 25.1 Å². The van der Waals surface area contributed by atoms with E-state index in [9.17, 15) is 9.18 Å².